The largest absolute Gasteiger partial charge is 0.379 e. The minimum atomic E-state index is -0.532. The van der Waals surface area contributed by atoms with E-state index in [1.807, 2.05) is 6.07 Å². The van der Waals surface area contributed by atoms with Gasteiger partial charge in [-0.3, -0.25) is 19.3 Å². The Morgan fingerprint density at radius 1 is 1.17 bits per heavy atom. The van der Waals surface area contributed by atoms with Gasteiger partial charge < -0.3 is 15.4 Å². The summed E-state index contributed by atoms with van der Waals surface area (Å²) in [6, 6.07) is 6.23. The number of ether oxygens (including phenoxy) is 1. The minimum Gasteiger partial charge on any atom is -0.379 e. The molecule has 2 aliphatic rings. The number of hydrogen-bond donors (Lipinski definition) is 2. The van der Waals surface area contributed by atoms with Crippen LogP contribution in [0.15, 0.2) is 30.4 Å². The maximum absolute atomic E-state index is 13.7. The van der Waals surface area contributed by atoms with E-state index >= 15 is 0 Å². The number of carbonyl (C=O) groups excluding carboxylic acids is 3. The van der Waals surface area contributed by atoms with Crippen molar-refractivity contribution in [2.45, 2.75) is 77.2 Å². The molecule has 2 heterocycles. The molecule has 2 aromatic rings. The lowest BCUT2D eigenvalue weighted by molar-refractivity contribution is -0.131. The number of hydrogen-bond acceptors (Lipinski definition) is 7. The van der Waals surface area contributed by atoms with Gasteiger partial charge in [0.25, 0.3) is 0 Å². The molecule has 2 N–H and O–H groups in total. The van der Waals surface area contributed by atoms with Gasteiger partial charge in [-0.05, 0) is 48.8 Å². The lowest BCUT2D eigenvalue weighted by Crippen LogP contribution is -2.44. The molecule has 8 nitrogen and oxygen atoms in total. The number of rotatable bonds is 14. The molecule has 9 heteroatoms. The Labute approximate surface area is 248 Å². The Morgan fingerprint density at radius 3 is 2.59 bits per heavy atom. The van der Waals surface area contributed by atoms with E-state index in [4.69, 9.17) is 9.72 Å². The fourth-order valence-electron chi connectivity index (χ4n) is 5.90. The highest BCUT2D eigenvalue weighted by molar-refractivity contribution is 7.18. The average Bonchev–Trinajstić information content (AvgIpc) is 3.64. The number of ketones is 1. The number of carbonyl (C=O) groups is 3. The van der Waals surface area contributed by atoms with Gasteiger partial charge in [-0.25, -0.2) is 4.98 Å². The Balaban J connectivity index is 1.42. The number of aromatic nitrogens is 1. The second-order valence-electron chi connectivity index (χ2n) is 11.9. The van der Waals surface area contributed by atoms with Gasteiger partial charge in [0.1, 0.15) is 0 Å². The molecule has 41 heavy (non-hydrogen) atoms. The second-order valence-corrected chi connectivity index (χ2v) is 13.0. The van der Waals surface area contributed by atoms with Crippen LogP contribution in [0.1, 0.15) is 75.3 Å². The first-order valence-corrected chi connectivity index (χ1v) is 16.0. The molecule has 0 radical (unpaired) electrons. The van der Waals surface area contributed by atoms with Gasteiger partial charge in [-0.15, -0.1) is 11.3 Å². The third-order valence-corrected chi connectivity index (χ3v) is 9.56. The van der Waals surface area contributed by atoms with E-state index in [2.05, 4.69) is 48.1 Å². The highest BCUT2D eigenvalue weighted by Crippen LogP contribution is 2.31. The van der Waals surface area contributed by atoms with Gasteiger partial charge in [-0.1, -0.05) is 39.3 Å². The number of morpholine rings is 1. The fraction of sp³-hybridized carbons (Fsp3) is 0.625. The van der Waals surface area contributed by atoms with Gasteiger partial charge >= 0.3 is 0 Å². The maximum atomic E-state index is 13.7. The first kappa shape index (κ1) is 31.3. The number of fused-ring (bicyclic) bond motifs is 1. The molecular weight excluding hydrogens is 536 g/mol. The Bertz CT molecular complexity index is 1210. The monoisotopic (exact) mass is 582 g/mol. The number of thiazole rings is 1. The Kier molecular flexibility index (Phi) is 11.5. The summed E-state index contributed by atoms with van der Waals surface area (Å²) in [6.45, 7) is 12.0. The summed E-state index contributed by atoms with van der Waals surface area (Å²) in [4.78, 5) is 46.2. The summed E-state index contributed by atoms with van der Waals surface area (Å²) in [5.41, 5.74) is 2.81. The van der Waals surface area contributed by atoms with E-state index in [-0.39, 0.29) is 30.1 Å². The lowest BCUT2D eigenvalue weighted by Gasteiger charge is -2.28. The average molecular weight is 583 g/mol. The highest BCUT2D eigenvalue weighted by atomic mass is 32.1. The zero-order valence-electron chi connectivity index (χ0n) is 24.9. The number of nitrogens with zero attached hydrogens (tertiary/aromatic N) is 2. The molecule has 2 fully saturated rings. The quantitative estimate of drug-likeness (QED) is 0.315. The van der Waals surface area contributed by atoms with Gasteiger partial charge in [0.15, 0.2) is 5.78 Å². The van der Waals surface area contributed by atoms with Crippen LogP contribution >= 0.6 is 11.3 Å². The summed E-state index contributed by atoms with van der Waals surface area (Å²) in [5, 5.41) is 6.82. The molecule has 224 valence electrons. The lowest BCUT2D eigenvalue weighted by atomic mass is 9.91. The van der Waals surface area contributed by atoms with E-state index in [0.29, 0.717) is 56.4 Å². The van der Waals surface area contributed by atoms with Crippen molar-refractivity contribution in [2.24, 2.45) is 11.8 Å². The van der Waals surface area contributed by atoms with Crippen LogP contribution in [0.2, 0.25) is 0 Å². The SMILES string of the molecule is C=C(CN1CCOCC1)C(=O)CC[C@@H](NC(=O)[C@@H](CC(=O)NC)Cc1nc2ccc(C(C)C)cc2s1)C1CCCC1. The molecule has 1 aliphatic carbocycles. The molecule has 2 atom stereocenters. The molecule has 1 saturated heterocycles. The van der Waals surface area contributed by atoms with Crippen LogP contribution in [-0.2, 0) is 25.5 Å². The standard InChI is InChI=1S/C32H46N4O4S/c1-21(2)24-9-10-27-29(17-24)41-31(34-27)19-25(18-30(38)33-4)32(39)35-26(23-7-5-6-8-23)11-12-28(37)22(3)20-36-13-15-40-16-14-36/h9-10,17,21,23,25-26H,3,5-8,11-16,18-20H2,1-2,4H3,(H,33,38)(H,35,39)/t25-,26+/m0/s1. The van der Waals surface area contributed by atoms with E-state index in [1.165, 1.54) is 5.56 Å². The smallest absolute Gasteiger partial charge is 0.224 e. The molecule has 4 rings (SSSR count). The van der Waals surface area contributed by atoms with Crippen LogP contribution in [0.3, 0.4) is 0 Å². The summed E-state index contributed by atoms with van der Waals surface area (Å²) in [6.07, 6.45) is 5.82. The maximum Gasteiger partial charge on any atom is 0.224 e. The second kappa shape index (κ2) is 15.0. The molecule has 1 saturated carbocycles. The van der Waals surface area contributed by atoms with Crippen LogP contribution in [0.4, 0.5) is 0 Å². The number of benzene rings is 1. The van der Waals surface area contributed by atoms with Gasteiger partial charge in [-0.2, -0.15) is 0 Å². The van der Waals surface area contributed by atoms with Crippen molar-refractivity contribution in [1.29, 1.82) is 0 Å². The van der Waals surface area contributed by atoms with E-state index in [9.17, 15) is 14.4 Å². The fourth-order valence-corrected chi connectivity index (χ4v) is 6.99. The summed E-state index contributed by atoms with van der Waals surface area (Å²) in [7, 11) is 1.60. The normalized spacial score (nSPS) is 18.0. The van der Waals surface area contributed by atoms with Crippen molar-refractivity contribution in [2.75, 3.05) is 39.9 Å². The van der Waals surface area contributed by atoms with Crippen molar-refractivity contribution in [3.05, 3.63) is 40.9 Å². The third-order valence-electron chi connectivity index (χ3n) is 8.52. The van der Waals surface area contributed by atoms with E-state index in [1.54, 1.807) is 18.4 Å². The molecule has 1 aliphatic heterocycles. The van der Waals surface area contributed by atoms with Crippen molar-refractivity contribution >= 4 is 39.2 Å². The zero-order valence-corrected chi connectivity index (χ0v) is 25.7. The highest BCUT2D eigenvalue weighted by Gasteiger charge is 2.31. The molecule has 0 unspecified atom stereocenters. The van der Waals surface area contributed by atoms with Gasteiger partial charge in [0, 0.05) is 57.6 Å². The van der Waals surface area contributed by atoms with Crippen LogP contribution < -0.4 is 10.6 Å². The third kappa shape index (κ3) is 8.93. The predicted octanol–water partition coefficient (Wildman–Crippen LogP) is 4.63. The molecule has 2 amide bonds. The number of nitrogens with one attached hydrogen (secondary N) is 2. The van der Waals surface area contributed by atoms with Crippen LogP contribution in [-0.4, -0.2) is 73.4 Å². The molecule has 1 aromatic heterocycles. The van der Waals surface area contributed by atoms with E-state index in [0.717, 1.165) is 54.0 Å². The number of Topliss-reactive ketones (excluding diaryl/α,β-unsaturated/α-hetero) is 1. The van der Waals surface area contributed by atoms with Gasteiger partial charge in [0.2, 0.25) is 11.8 Å². The molecular formula is C32H46N4O4S. The number of amides is 2. The molecule has 0 bridgehead atoms. The van der Waals surface area contributed by atoms with Crippen molar-refractivity contribution in [3.63, 3.8) is 0 Å². The zero-order chi connectivity index (χ0) is 29.4. The van der Waals surface area contributed by atoms with Crippen molar-refractivity contribution < 1.29 is 19.1 Å². The molecule has 0 spiro atoms. The van der Waals surface area contributed by atoms with E-state index < -0.39 is 5.92 Å². The van der Waals surface area contributed by atoms with Crippen LogP contribution in [0.25, 0.3) is 10.2 Å². The first-order valence-electron chi connectivity index (χ1n) is 15.1. The summed E-state index contributed by atoms with van der Waals surface area (Å²) < 4.78 is 6.51. The van der Waals surface area contributed by atoms with Crippen molar-refractivity contribution in [3.8, 4) is 0 Å². The first-order chi connectivity index (χ1) is 19.7. The summed E-state index contributed by atoms with van der Waals surface area (Å²) >= 11 is 1.60. The van der Waals surface area contributed by atoms with Crippen LogP contribution in [0.5, 0.6) is 0 Å². The van der Waals surface area contributed by atoms with Gasteiger partial charge in [0.05, 0.1) is 34.4 Å². The Hall–Kier alpha value is -2.62. The topological polar surface area (TPSA) is 101 Å². The Morgan fingerprint density at radius 2 is 1.90 bits per heavy atom. The molecule has 1 aromatic carbocycles. The van der Waals surface area contributed by atoms with Crippen molar-refractivity contribution in [1.82, 2.24) is 20.5 Å². The minimum absolute atomic E-state index is 0.0610. The van der Waals surface area contributed by atoms with Crippen LogP contribution in [0, 0.1) is 11.8 Å². The summed E-state index contributed by atoms with van der Waals surface area (Å²) in [5.74, 6) is -0.000998. The predicted molar refractivity (Wildman–Crippen MR) is 164 cm³/mol.